The molecule has 1 aliphatic heterocycles. The van der Waals surface area contributed by atoms with Gasteiger partial charge in [-0.3, -0.25) is 0 Å². The topological polar surface area (TPSA) is 90.2 Å². The molecule has 0 bridgehead atoms. The molecule has 2 aromatic carbocycles. The number of ether oxygens (including phenoxy) is 1. The van der Waals surface area contributed by atoms with Gasteiger partial charge >= 0.3 is 0 Å². The van der Waals surface area contributed by atoms with Gasteiger partial charge in [-0.25, -0.2) is 0 Å². The number of aromatic hydroxyl groups is 2. The van der Waals surface area contributed by atoms with E-state index in [0.717, 1.165) is 11.1 Å². The lowest BCUT2D eigenvalue weighted by molar-refractivity contribution is 0.0387. The first-order valence-electron chi connectivity index (χ1n) is 8.42. The van der Waals surface area contributed by atoms with Crippen molar-refractivity contribution in [3.63, 3.8) is 0 Å². The first-order chi connectivity index (χ1) is 12.3. The maximum atomic E-state index is 11.4. The highest BCUT2D eigenvalue weighted by Crippen LogP contribution is 2.44. The minimum atomic E-state index is -1.46. The molecule has 1 heterocycles. The lowest BCUT2D eigenvalue weighted by atomic mass is 9.79. The fraction of sp³-hybridized carbons (Fsp3) is 0.238. The van der Waals surface area contributed by atoms with E-state index in [1.165, 1.54) is 0 Å². The third-order valence-corrected chi connectivity index (χ3v) is 4.64. The summed E-state index contributed by atoms with van der Waals surface area (Å²) in [5, 5.41) is 40.6. The van der Waals surface area contributed by atoms with Gasteiger partial charge in [0.1, 0.15) is 17.3 Å². The van der Waals surface area contributed by atoms with Crippen LogP contribution in [0.3, 0.4) is 0 Å². The van der Waals surface area contributed by atoms with E-state index in [1.54, 1.807) is 54.6 Å². The van der Waals surface area contributed by atoms with Gasteiger partial charge in [-0.2, -0.15) is 0 Å². The predicted molar refractivity (Wildman–Crippen MR) is 98.4 cm³/mol. The molecule has 5 nitrogen and oxygen atoms in total. The van der Waals surface area contributed by atoms with Crippen LogP contribution >= 0.6 is 0 Å². The van der Waals surface area contributed by atoms with Crippen molar-refractivity contribution < 1.29 is 25.2 Å². The van der Waals surface area contributed by atoms with Gasteiger partial charge in [-0.1, -0.05) is 38.1 Å². The second-order valence-corrected chi connectivity index (χ2v) is 6.75. The third-order valence-electron chi connectivity index (χ3n) is 4.64. The monoisotopic (exact) mass is 354 g/mol. The SMILES string of the molecule is CC(C)C1(O)C(Cc2ccc(O)cc2)=C(O)O/C1=C\c1ccc(O)cc1. The van der Waals surface area contributed by atoms with Crippen LogP contribution in [0.4, 0.5) is 0 Å². The van der Waals surface area contributed by atoms with Gasteiger partial charge in [0.25, 0.3) is 5.95 Å². The van der Waals surface area contributed by atoms with E-state index >= 15 is 0 Å². The number of phenolic OH excluding ortho intramolecular Hbond substituents is 2. The van der Waals surface area contributed by atoms with Crippen LogP contribution in [0.5, 0.6) is 11.5 Å². The fourth-order valence-corrected chi connectivity index (χ4v) is 3.08. The third kappa shape index (κ3) is 3.26. The predicted octanol–water partition coefficient (Wildman–Crippen LogP) is 3.87. The Morgan fingerprint density at radius 2 is 1.46 bits per heavy atom. The first kappa shape index (κ1) is 17.9. The number of benzene rings is 2. The summed E-state index contributed by atoms with van der Waals surface area (Å²) < 4.78 is 5.52. The molecule has 0 amide bonds. The first-order valence-corrected chi connectivity index (χ1v) is 8.42. The average molecular weight is 354 g/mol. The summed E-state index contributed by atoms with van der Waals surface area (Å²) in [6, 6.07) is 13.1. The van der Waals surface area contributed by atoms with Crippen molar-refractivity contribution in [2.45, 2.75) is 25.9 Å². The van der Waals surface area contributed by atoms with Crippen LogP contribution in [0, 0.1) is 5.92 Å². The van der Waals surface area contributed by atoms with Gasteiger partial charge in [-0.15, -0.1) is 0 Å². The fourth-order valence-electron chi connectivity index (χ4n) is 3.08. The van der Waals surface area contributed by atoms with Gasteiger partial charge in [0.05, 0.1) is 5.57 Å². The Labute approximate surface area is 152 Å². The zero-order valence-corrected chi connectivity index (χ0v) is 14.7. The van der Waals surface area contributed by atoms with Crippen LogP contribution in [0.1, 0.15) is 25.0 Å². The molecule has 0 radical (unpaired) electrons. The molecule has 4 N–H and O–H groups in total. The van der Waals surface area contributed by atoms with E-state index < -0.39 is 5.60 Å². The Hall–Kier alpha value is -2.92. The molecule has 0 aromatic heterocycles. The van der Waals surface area contributed by atoms with Crippen LogP contribution in [-0.2, 0) is 11.2 Å². The zero-order chi connectivity index (χ0) is 18.9. The second kappa shape index (κ2) is 6.77. The summed E-state index contributed by atoms with van der Waals surface area (Å²) in [7, 11) is 0. The maximum absolute atomic E-state index is 11.4. The quantitative estimate of drug-likeness (QED) is 0.669. The second-order valence-electron chi connectivity index (χ2n) is 6.75. The highest BCUT2D eigenvalue weighted by atomic mass is 16.6. The van der Waals surface area contributed by atoms with Gasteiger partial charge < -0.3 is 25.2 Å². The number of hydrogen-bond donors (Lipinski definition) is 4. The molecule has 26 heavy (non-hydrogen) atoms. The molecular formula is C21H22O5. The summed E-state index contributed by atoms with van der Waals surface area (Å²) in [5.74, 6) is -0.0133. The summed E-state index contributed by atoms with van der Waals surface area (Å²) >= 11 is 0. The molecule has 0 saturated heterocycles. The Kier molecular flexibility index (Phi) is 4.66. The summed E-state index contributed by atoms with van der Waals surface area (Å²) in [5.41, 5.74) is 0.483. The van der Waals surface area contributed by atoms with Crippen molar-refractivity contribution in [2.75, 3.05) is 0 Å². The molecular weight excluding hydrogens is 332 g/mol. The molecule has 2 aromatic rings. The molecule has 1 aliphatic rings. The van der Waals surface area contributed by atoms with Crippen LogP contribution in [0.15, 0.2) is 65.8 Å². The molecule has 0 spiro atoms. The van der Waals surface area contributed by atoms with Gasteiger partial charge in [0.15, 0.2) is 5.60 Å². The van der Waals surface area contributed by atoms with E-state index in [2.05, 4.69) is 0 Å². The lowest BCUT2D eigenvalue weighted by Gasteiger charge is -2.29. The Morgan fingerprint density at radius 1 is 0.923 bits per heavy atom. The number of rotatable bonds is 4. The Morgan fingerprint density at radius 3 is 2.00 bits per heavy atom. The summed E-state index contributed by atoms with van der Waals surface area (Å²) in [6.07, 6.45) is 1.94. The Balaban J connectivity index is 1.97. The summed E-state index contributed by atoms with van der Waals surface area (Å²) in [4.78, 5) is 0. The van der Waals surface area contributed by atoms with Crippen LogP contribution < -0.4 is 0 Å². The number of phenols is 2. The van der Waals surface area contributed by atoms with Crippen molar-refractivity contribution in [1.29, 1.82) is 0 Å². The molecule has 1 atom stereocenters. The minimum absolute atomic E-state index is 0.146. The zero-order valence-electron chi connectivity index (χ0n) is 14.7. The van der Waals surface area contributed by atoms with E-state index in [1.807, 2.05) is 13.8 Å². The van der Waals surface area contributed by atoms with Crippen LogP contribution in [-0.4, -0.2) is 26.0 Å². The molecule has 1 unspecified atom stereocenters. The lowest BCUT2D eigenvalue weighted by Crippen LogP contribution is -2.37. The van der Waals surface area contributed by atoms with Crippen molar-refractivity contribution >= 4 is 6.08 Å². The molecule has 0 saturated carbocycles. The number of aliphatic hydroxyl groups excluding tert-OH is 1. The van der Waals surface area contributed by atoms with Crippen LogP contribution in [0.2, 0.25) is 0 Å². The highest BCUT2D eigenvalue weighted by Gasteiger charge is 2.48. The minimum Gasteiger partial charge on any atom is -0.508 e. The Bertz CT molecular complexity index is 847. The number of hydrogen-bond acceptors (Lipinski definition) is 5. The molecule has 5 heteroatoms. The molecule has 3 rings (SSSR count). The summed E-state index contributed by atoms with van der Waals surface area (Å²) in [6.45, 7) is 3.70. The highest BCUT2D eigenvalue weighted by molar-refractivity contribution is 5.58. The standard InChI is InChI=1S/C21H22O5/c1-13(2)21(25)18(11-14-3-7-16(22)8-4-14)20(24)26-19(21)12-15-5-9-17(23)10-6-15/h3-10,12-13,22-25H,11H2,1-2H3/b19-12-. The van der Waals surface area contributed by atoms with E-state index in [4.69, 9.17) is 4.74 Å². The number of aliphatic hydroxyl groups is 2. The largest absolute Gasteiger partial charge is 0.508 e. The normalized spacial score (nSPS) is 21.5. The van der Waals surface area contributed by atoms with Gasteiger partial charge in [0, 0.05) is 6.42 Å². The van der Waals surface area contributed by atoms with E-state index in [-0.39, 0.29) is 35.5 Å². The van der Waals surface area contributed by atoms with Gasteiger partial charge in [0.2, 0.25) is 0 Å². The molecule has 136 valence electrons. The smallest absolute Gasteiger partial charge is 0.284 e. The average Bonchev–Trinajstić information content (AvgIpc) is 2.84. The van der Waals surface area contributed by atoms with Crippen molar-refractivity contribution in [1.82, 2.24) is 0 Å². The molecule has 0 fully saturated rings. The molecule has 0 aliphatic carbocycles. The van der Waals surface area contributed by atoms with Gasteiger partial charge in [-0.05, 0) is 47.4 Å². The van der Waals surface area contributed by atoms with Crippen LogP contribution in [0.25, 0.3) is 6.08 Å². The van der Waals surface area contributed by atoms with Crippen molar-refractivity contribution in [3.8, 4) is 11.5 Å². The van der Waals surface area contributed by atoms with Crippen molar-refractivity contribution in [3.05, 3.63) is 76.9 Å². The van der Waals surface area contributed by atoms with E-state index in [9.17, 15) is 20.4 Å². The van der Waals surface area contributed by atoms with Crippen molar-refractivity contribution in [2.24, 2.45) is 5.92 Å². The van der Waals surface area contributed by atoms with E-state index in [0.29, 0.717) is 5.57 Å². The maximum Gasteiger partial charge on any atom is 0.284 e.